The predicted molar refractivity (Wildman–Crippen MR) is 109 cm³/mol. The van der Waals surface area contributed by atoms with Crippen molar-refractivity contribution in [1.29, 1.82) is 0 Å². The molecule has 5 heteroatoms. The van der Waals surface area contributed by atoms with Gasteiger partial charge in [-0.15, -0.1) is 0 Å². The maximum atomic E-state index is 13.0. The molecule has 3 aromatic rings. The number of halogens is 3. The van der Waals surface area contributed by atoms with Crippen molar-refractivity contribution in [3.63, 3.8) is 0 Å². The zero-order valence-corrected chi connectivity index (χ0v) is 15.9. The fraction of sp³-hybridized carbons (Fsp3) is 0.250. The van der Waals surface area contributed by atoms with Crippen LogP contribution in [-0.2, 0) is 0 Å². The fourth-order valence-corrected chi connectivity index (χ4v) is 3.44. The zero-order valence-electron chi connectivity index (χ0n) is 15.9. The Morgan fingerprint density at radius 1 is 0.690 bits per heavy atom. The standard InChI is InChI=1S/C24H24F3NO/c25-24(26,27)22(29)16-21(18-10-4-1-5-11-18)17-28-23(19-12-6-2-7-13-19)20-14-8-3-9-15-20/h1-15,21-23,28-29H,16-17H2/t21?,22-/m0/s1. The van der Waals surface area contributed by atoms with Gasteiger partial charge in [0.15, 0.2) is 0 Å². The van der Waals surface area contributed by atoms with E-state index in [9.17, 15) is 18.3 Å². The van der Waals surface area contributed by atoms with Gasteiger partial charge in [-0.2, -0.15) is 13.2 Å². The highest BCUT2D eigenvalue weighted by molar-refractivity contribution is 5.32. The molecule has 2 N–H and O–H groups in total. The normalized spacial score (nSPS) is 14.0. The lowest BCUT2D eigenvalue weighted by molar-refractivity contribution is -0.206. The Kier molecular flexibility index (Phi) is 7.07. The third kappa shape index (κ3) is 5.92. The molecule has 2 atom stereocenters. The van der Waals surface area contributed by atoms with Crippen LogP contribution in [0.15, 0.2) is 91.0 Å². The number of aliphatic hydroxyl groups excluding tert-OH is 1. The van der Waals surface area contributed by atoms with Gasteiger partial charge >= 0.3 is 6.18 Å². The Bertz CT molecular complexity index is 814. The summed E-state index contributed by atoms with van der Waals surface area (Å²) in [5.41, 5.74) is 2.83. The first-order valence-corrected chi connectivity index (χ1v) is 9.58. The lowest BCUT2D eigenvalue weighted by Gasteiger charge is -2.26. The number of rotatable bonds is 8. The summed E-state index contributed by atoms with van der Waals surface area (Å²) in [6, 6.07) is 28.5. The van der Waals surface area contributed by atoms with Gasteiger partial charge in [-0.1, -0.05) is 91.0 Å². The van der Waals surface area contributed by atoms with E-state index in [2.05, 4.69) is 5.32 Å². The first-order valence-electron chi connectivity index (χ1n) is 9.58. The molecule has 3 rings (SSSR count). The van der Waals surface area contributed by atoms with Gasteiger partial charge in [0.25, 0.3) is 0 Å². The van der Waals surface area contributed by atoms with E-state index < -0.39 is 24.6 Å². The molecule has 0 saturated heterocycles. The van der Waals surface area contributed by atoms with Crippen molar-refractivity contribution in [2.24, 2.45) is 0 Å². The summed E-state index contributed by atoms with van der Waals surface area (Å²) in [6.45, 7) is 0.297. The number of benzene rings is 3. The molecule has 0 amide bonds. The lowest BCUT2D eigenvalue weighted by Crippen LogP contribution is -2.34. The quantitative estimate of drug-likeness (QED) is 0.527. The molecular weight excluding hydrogens is 375 g/mol. The largest absolute Gasteiger partial charge is 0.414 e. The predicted octanol–water partition coefficient (Wildman–Crippen LogP) is 5.46. The molecule has 1 unspecified atom stereocenters. The van der Waals surface area contributed by atoms with Crippen LogP contribution in [0.1, 0.15) is 35.1 Å². The van der Waals surface area contributed by atoms with Crippen molar-refractivity contribution in [3.05, 3.63) is 108 Å². The summed E-state index contributed by atoms with van der Waals surface area (Å²) < 4.78 is 39.0. The Morgan fingerprint density at radius 3 is 1.52 bits per heavy atom. The third-order valence-corrected chi connectivity index (χ3v) is 4.99. The van der Waals surface area contributed by atoms with Crippen molar-refractivity contribution in [3.8, 4) is 0 Å². The molecule has 0 aliphatic carbocycles. The Labute approximate surface area is 169 Å². The van der Waals surface area contributed by atoms with Gasteiger partial charge in [-0.25, -0.2) is 0 Å². The topological polar surface area (TPSA) is 32.3 Å². The monoisotopic (exact) mass is 399 g/mol. The number of alkyl halides is 3. The Balaban J connectivity index is 1.83. The summed E-state index contributed by atoms with van der Waals surface area (Å²) in [7, 11) is 0. The van der Waals surface area contributed by atoms with E-state index in [1.807, 2.05) is 66.7 Å². The molecule has 0 spiro atoms. The van der Waals surface area contributed by atoms with E-state index in [1.54, 1.807) is 24.3 Å². The van der Waals surface area contributed by atoms with Crippen LogP contribution in [0.5, 0.6) is 0 Å². The van der Waals surface area contributed by atoms with Gasteiger partial charge in [-0.3, -0.25) is 0 Å². The number of aliphatic hydroxyl groups is 1. The number of hydrogen-bond acceptors (Lipinski definition) is 2. The van der Waals surface area contributed by atoms with Crippen LogP contribution in [0.3, 0.4) is 0 Å². The molecule has 0 aromatic heterocycles. The third-order valence-electron chi connectivity index (χ3n) is 4.99. The highest BCUT2D eigenvalue weighted by atomic mass is 19.4. The maximum Gasteiger partial charge on any atom is 0.414 e. The summed E-state index contributed by atoms with van der Waals surface area (Å²) in [5, 5.41) is 13.1. The maximum absolute atomic E-state index is 13.0. The van der Waals surface area contributed by atoms with Crippen LogP contribution in [0.4, 0.5) is 13.2 Å². The minimum Gasteiger partial charge on any atom is -0.384 e. The summed E-state index contributed by atoms with van der Waals surface area (Å²) >= 11 is 0. The van der Waals surface area contributed by atoms with Crippen molar-refractivity contribution in [1.82, 2.24) is 5.32 Å². The molecule has 3 aromatic carbocycles. The van der Waals surface area contributed by atoms with Crippen LogP contribution < -0.4 is 5.32 Å². The minimum absolute atomic E-state index is 0.161. The average molecular weight is 399 g/mol. The van der Waals surface area contributed by atoms with Gasteiger partial charge in [-0.05, 0) is 29.0 Å². The van der Waals surface area contributed by atoms with E-state index in [1.165, 1.54) is 0 Å². The van der Waals surface area contributed by atoms with Gasteiger partial charge in [0.1, 0.15) is 6.10 Å². The van der Waals surface area contributed by atoms with E-state index in [-0.39, 0.29) is 6.04 Å². The summed E-state index contributed by atoms with van der Waals surface area (Å²) in [5.74, 6) is -0.484. The molecule has 0 saturated carbocycles. The summed E-state index contributed by atoms with van der Waals surface area (Å²) in [4.78, 5) is 0. The minimum atomic E-state index is -4.63. The van der Waals surface area contributed by atoms with Crippen LogP contribution in [-0.4, -0.2) is 23.9 Å². The molecule has 29 heavy (non-hydrogen) atoms. The Hall–Kier alpha value is -2.63. The lowest BCUT2D eigenvalue weighted by atomic mass is 9.91. The van der Waals surface area contributed by atoms with Crippen LogP contribution >= 0.6 is 0 Å². The highest BCUT2D eigenvalue weighted by Crippen LogP contribution is 2.30. The zero-order chi connectivity index (χ0) is 20.7. The molecular formula is C24H24F3NO. The van der Waals surface area contributed by atoms with E-state index in [0.29, 0.717) is 6.54 Å². The van der Waals surface area contributed by atoms with Gasteiger partial charge in [0.05, 0.1) is 6.04 Å². The second kappa shape index (κ2) is 9.72. The molecule has 0 radical (unpaired) electrons. The van der Waals surface area contributed by atoms with Crippen molar-refractivity contribution >= 4 is 0 Å². The van der Waals surface area contributed by atoms with Crippen molar-refractivity contribution in [2.45, 2.75) is 30.7 Å². The van der Waals surface area contributed by atoms with E-state index >= 15 is 0 Å². The van der Waals surface area contributed by atoms with Gasteiger partial charge < -0.3 is 10.4 Å². The molecule has 0 aliphatic heterocycles. The van der Waals surface area contributed by atoms with Crippen LogP contribution in [0, 0.1) is 0 Å². The second-order valence-corrected chi connectivity index (χ2v) is 7.06. The SMILES string of the molecule is O[C@@H](CC(CNC(c1ccccc1)c1ccccc1)c1ccccc1)C(F)(F)F. The fourth-order valence-electron chi connectivity index (χ4n) is 3.44. The highest BCUT2D eigenvalue weighted by Gasteiger charge is 2.39. The van der Waals surface area contributed by atoms with Gasteiger partial charge in [0, 0.05) is 6.54 Å². The average Bonchev–Trinajstić information content (AvgIpc) is 2.74. The molecule has 2 nitrogen and oxygen atoms in total. The number of hydrogen-bond donors (Lipinski definition) is 2. The van der Waals surface area contributed by atoms with E-state index in [4.69, 9.17) is 0 Å². The van der Waals surface area contributed by atoms with Gasteiger partial charge in [0.2, 0.25) is 0 Å². The van der Waals surface area contributed by atoms with E-state index in [0.717, 1.165) is 16.7 Å². The Morgan fingerprint density at radius 2 is 1.10 bits per heavy atom. The smallest absolute Gasteiger partial charge is 0.384 e. The first kappa shape index (κ1) is 21.1. The second-order valence-electron chi connectivity index (χ2n) is 7.06. The van der Waals surface area contributed by atoms with Crippen LogP contribution in [0.2, 0.25) is 0 Å². The number of nitrogens with one attached hydrogen (secondary N) is 1. The molecule has 0 bridgehead atoms. The van der Waals surface area contributed by atoms with Crippen molar-refractivity contribution in [2.75, 3.05) is 6.54 Å². The molecule has 0 aliphatic rings. The van der Waals surface area contributed by atoms with Crippen molar-refractivity contribution < 1.29 is 18.3 Å². The summed E-state index contributed by atoms with van der Waals surface area (Å²) in [6.07, 6.45) is -7.39. The first-order chi connectivity index (χ1) is 13.9. The molecule has 0 fully saturated rings. The molecule has 152 valence electrons. The molecule has 0 heterocycles. The van der Waals surface area contributed by atoms with Crippen LogP contribution in [0.25, 0.3) is 0 Å².